The van der Waals surface area contributed by atoms with Gasteiger partial charge in [0, 0.05) is 23.9 Å². The summed E-state index contributed by atoms with van der Waals surface area (Å²) >= 11 is 6.44. The zero-order valence-electron chi connectivity index (χ0n) is 9.92. The molecule has 0 radical (unpaired) electrons. The second-order valence-corrected chi connectivity index (χ2v) is 5.43. The predicted octanol–water partition coefficient (Wildman–Crippen LogP) is 3.80. The highest BCUT2D eigenvalue weighted by molar-refractivity contribution is 9.11. The van der Waals surface area contributed by atoms with Crippen LogP contribution in [0.4, 0.5) is 5.69 Å². The molecule has 0 unspecified atom stereocenters. The number of pyridine rings is 1. The van der Waals surface area contributed by atoms with Gasteiger partial charge in [0.1, 0.15) is 0 Å². The highest BCUT2D eigenvalue weighted by Gasteiger charge is 2.17. The molecule has 0 spiro atoms. The Hall–Kier alpha value is -1.51. The number of aromatic nitrogens is 1. The summed E-state index contributed by atoms with van der Waals surface area (Å²) < 4.78 is 6.43. The first-order chi connectivity index (χ1) is 9.52. The van der Waals surface area contributed by atoms with Crippen LogP contribution in [0.25, 0.3) is 0 Å². The lowest BCUT2D eigenvalue weighted by atomic mass is 10.3. The maximum Gasteiger partial charge on any atom is 0.271 e. The molecule has 1 aromatic heterocycles. The zero-order valence-corrected chi connectivity index (χ0v) is 13.1. The minimum atomic E-state index is -0.501. The van der Waals surface area contributed by atoms with Crippen molar-refractivity contribution in [2.45, 2.75) is 6.61 Å². The SMILES string of the molecule is O=[N+]([O-])c1cc(Br)c(Oc2ncccc2CO)c(Br)c1. The Morgan fingerprint density at radius 2 is 2.00 bits per heavy atom. The molecule has 0 fully saturated rings. The van der Waals surface area contributed by atoms with Crippen molar-refractivity contribution >= 4 is 37.5 Å². The Morgan fingerprint density at radius 1 is 1.35 bits per heavy atom. The molecule has 1 N–H and O–H groups in total. The number of aliphatic hydroxyl groups excluding tert-OH is 1. The fourth-order valence-electron chi connectivity index (χ4n) is 1.48. The largest absolute Gasteiger partial charge is 0.436 e. The summed E-state index contributed by atoms with van der Waals surface area (Å²) in [6.07, 6.45) is 1.53. The summed E-state index contributed by atoms with van der Waals surface area (Å²) in [6, 6.07) is 6.02. The Kier molecular flexibility index (Phi) is 4.69. The molecule has 0 aliphatic carbocycles. The summed E-state index contributed by atoms with van der Waals surface area (Å²) in [5.41, 5.74) is 0.448. The first-order valence-corrected chi connectivity index (χ1v) is 6.97. The van der Waals surface area contributed by atoms with E-state index in [2.05, 4.69) is 36.8 Å². The number of rotatable bonds is 4. The number of nitro groups is 1. The molecule has 104 valence electrons. The van der Waals surface area contributed by atoms with Crippen LogP contribution in [0.2, 0.25) is 0 Å². The molecular formula is C12H8Br2N2O4. The number of non-ortho nitro benzene ring substituents is 1. The van der Waals surface area contributed by atoms with Crippen LogP contribution >= 0.6 is 31.9 Å². The van der Waals surface area contributed by atoms with E-state index >= 15 is 0 Å². The maximum atomic E-state index is 10.8. The van der Waals surface area contributed by atoms with Crippen LogP contribution in [0.5, 0.6) is 11.6 Å². The summed E-state index contributed by atoms with van der Waals surface area (Å²) in [6.45, 7) is -0.217. The molecule has 0 saturated carbocycles. The molecule has 2 rings (SSSR count). The average Bonchev–Trinajstić information content (AvgIpc) is 2.42. The van der Waals surface area contributed by atoms with Gasteiger partial charge < -0.3 is 9.84 Å². The first-order valence-electron chi connectivity index (χ1n) is 5.39. The number of hydrogen-bond donors (Lipinski definition) is 1. The third-order valence-corrected chi connectivity index (χ3v) is 3.59. The van der Waals surface area contributed by atoms with Gasteiger partial charge in [-0.3, -0.25) is 10.1 Å². The van der Waals surface area contributed by atoms with Crippen molar-refractivity contribution in [3.05, 3.63) is 55.1 Å². The van der Waals surface area contributed by atoms with Gasteiger partial charge in [0.25, 0.3) is 5.69 Å². The van der Waals surface area contributed by atoms with Crippen LogP contribution in [0.1, 0.15) is 5.56 Å². The number of benzene rings is 1. The third-order valence-electron chi connectivity index (χ3n) is 2.41. The van der Waals surface area contributed by atoms with E-state index in [0.29, 0.717) is 20.3 Å². The van der Waals surface area contributed by atoms with Crippen LogP contribution in [0, 0.1) is 10.1 Å². The van der Waals surface area contributed by atoms with Crippen LogP contribution < -0.4 is 4.74 Å². The van der Waals surface area contributed by atoms with Crippen molar-refractivity contribution in [2.24, 2.45) is 0 Å². The van der Waals surface area contributed by atoms with E-state index in [0.717, 1.165) is 0 Å². The van der Waals surface area contributed by atoms with E-state index < -0.39 is 4.92 Å². The number of aliphatic hydroxyl groups is 1. The molecule has 1 aromatic carbocycles. The van der Waals surface area contributed by atoms with E-state index in [9.17, 15) is 15.2 Å². The standard InChI is InChI=1S/C12H8Br2N2O4/c13-9-4-8(16(18)19)5-10(14)11(9)20-12-7(6-17)2-1-3-15-12/h1-5,17H,6H2. The number of halogens is 2. The topological polar surface area (TPSA) is 85.5 Å². The second kappa shape index (κ2) is 6.29. The quantitative estimate of drug-likeness (QED) is 0.619. The van der Waals surface area contributed by atoms with Gasteiger partial charge in [0.05, 0.1) is 20.5 Å². The highest BCUT2D eigenvalue weighted by Crippen LogP contribution is 2.39. The van der Waals surface area contributed by atoms with Crippen LogP contribution in [0.15, 0.2) is 39.4 Å². The maximum absolute atomic E-state index is 10.8. The van der Waals surface area contributed by atoms with Gasteiger partial charge in [-0.15, -0.1) is 0 Å². The van der Waals surface area contributed by atoms with Gasteiger partial charge in [-0.2, -0.15) is 0 Å². The Balaban J connectivity index is 2.41. The Bertz CT molecular complexity index is 641. The molecule has 0 aliphatic rings. The Morgan fingerprint density at radius 3 is 2.55 bits per heavy atom. The van der Waals surface area contributed by atoms with E-state index in [1.807, 2.05) is 0 Å². The summed E-state index contributed by atoms with van der Waals surface area (Å²) in [4.78, 5) is 14.3. The van der Waals surface area contributed by atoms with Gasteiger partial charge in [0.2, 0.25) is 5.88 Å². The van der Waals surface area contributed by atoms with E-state index in [4.69, 9.17) is 4.74 Å². The summed E-state index contributed by atoms with van der Waals surface area (Å²) in [7, 11) is 0. The normalized spacial score (nSPS) is 10.3. The fourth-order valence-corrected chi connectivity index (χ4v) is 2.81. The molecule has 2 aromatic rings. The van der Waals surface area contributed by atoms with Gasteiger partial charge in [-0.25, -0.2) is 4.98 Å². The molecule has 6 nitrogen and oxygen atoms in total. The molecule has 0 bridgehead atoms. The van der Waals surface area contributed by atoms with Crippen molar-refractivity contribution < 1.29 is 14.8 Å². The van der Waals surface area contributed by atoms with Crippen LogP contribution in [0.3, 0.4) is 0 Å². The monoisotopic (exact) mass is 402 g/mol. The Labute approximate surface area is 130 Å². The molecule has 8 heteroatoms. The lowest BCUT2D eigenvalue weighted by molar-refractivity contribution is -0.385. The van der Waals surface area contributed by atoms with Crippen molar-refractivity contribution in [1.82, 2.24) is 4.98 Å². The van der Waals surface area contributed by atoms with Crippen LogP contribution in [-0.2, 0) is 6.61 Å². The molecule has 0 saturated heterocycles. The lowest BCUT2D eigenvalue weighted by Crippen LogP contribution is -1.96. The highest BCUT2D eigenvalue weighted by atomic mass is 79.9. The second-order valence-electron chi connectivity index (χ2n) is 3.72. The molecule has 0 atom stereocenters. The fraction of sp³-hybridized carbons (Fsp3) is 0.0833. The predicted molar refractivity (Wildman–Crippen MR) is 78.7 cm³/mol. The van der Waals surface area contributed by atoms with Crippen LogP contribution in [-0.4, -0.2) is 15.0 Å². The summed E-state index contributed by atoms with van der Waals surface area (Å²) in [5.74, 6) is 0.592. The summed E-state index contributed by atoms with van der Waals surface area (Å²) in [5, 5.41) is 20.0. The molecule has 20 heavy (non-hydrogen) atoms. The number of nitro benzene ring substituents is 1. The minimum absolute atomic E-state index is 0.0699. The third kappa shape index (κ3) is 3.14. The minimum Gasteiger partial charge on any atom is -0.436 e. The van der Waals surface area contributed by atoms with Crippen molar-refractivity contribution in [3.63, 3.8) is 0 Å². The zero-order chi connectivity index (χ0) is 14.7. The van der Waals surface area contributed by atoms with Gasteiger partial charge in [0.15, 0.2) is 5.75 Å². The number of ether oxygens (including phenoxy) is 1. The van der Waals surface area contributed by atoms with E-state index in [1.165, 1.54) is 18.3 Å². The number of hydrogen-bond acceptors (Lipinski definition) is 5. The average molecular weight is 404 g/mol. The van der Waals surface area contributed by atoms with E-state index in [-0.39, 0.29) is 18.2 Å². The number of nitrogens with zero attached hydrogens (tertiary/aromatic N) is 2. The molecule has 0 amide bonds. The van der Waals surface area contributed by atoms with Gasteiger partial charge in [-0.05, 0) is 44.0 Å². The van der Waals surface area contributed by atoms with Crippen molar-refractivity contribution in [1.29, 1.82) is 0 Å². The van der Waals surface area contributed by atoms with Crippen molar-refractivity contribution in [2.75, 3.05) is 0 Å². The lowest BCUT2D eigenvalue weighted by Gasteiger charge is -2.11. The molecule has 1 heterocycles. The molecular weight excluding hydrogens is 396 g/mol. The first kappa shape index (κ1) is 14.9. The van der Waals surface area contributed by atoms with Gasteiger partial charge >= 0.3 is 0 Å². The van der Waals surface area contributed by atoms with Gasteiger partial charge in [-0.1, -0.05) is 0 Å². The van der Waals surface area contributed by atoms with Crippen molar-refractivity contribution in [3.8, 4) is 11.6 Å². The van der Waals surface area contributed by atoms with E-state index in [1.54, 1.807) is 12.1 Å². The molecule has 0 aliphatic heterocycles. The smallest absolute Gasteiger partial charge is 0.271 e.